The van der Waals surface area contributed by atoms with Gasteiger partial charge >= 0.3 is 5.97 Å². The molecule has 2 aliphatic carbocycles. The highest BCUT2D eigenvalue weighted by Gasteiger charge is 2.69. The van der Waals surface area contributed by atoms with Gasteiger partial charge in [-0.25, -0.2) is 0 Å². The molecule has 2 nitrogen and oxygen atoms in total. The molecule has 16 heavy (non-hydrogen) atoms. The van der Waals surface area contributed by atoms with E-state index in [0.717, 1.165) is 25.2 Å². The molecule has 0 aromatic carbocycles. The average Bonchev–Trinajstić information content (AvgIpc) is 2.84. The Kier molecular flexibility index (Phi) is 2.80. The summed E-state index contributed by atoms with van der Waals surface area (Å²) in [4.78, 5) is 11.5. The van der Waals surface area contributed by atoms with Gasteiger partial charge in [-0.2, -0.15) is 0 Å². The summed E-state index contributed by atoms with van der Waals surface area (Å²) < 4.78 is 0. The summed E-state index contributed by atoms with van der Waals surface area (Å²) >= 11 is 0. The predicted octanol–water partition coefficient (Wildman–Crippen LogP) is 3.70. The molecule has 0 saturated heterocycles. The van der Waals surface area contributed by atoms with Gasteiger partial charge in [0.25, 0.3) is 0 Å². The summed E-state index contributed by atoms with van der Waals surface area (Å²) in [5.74, 6) is 0.740. The van der Waals surface area contributed by atoms with Crippen LogP contribution in [-0.2, 0) is 4.79 Å². The van der Waals surface area contributed by atoms with Crippen molar-refractivity contribution in [2.75, 3.05) is 0 Å². The molecule has 2 fully saturated rings. The van der Waals surface area contributed by atoms with Crippen molar-refractivity contribution in [1.82, 2.24) is 0 Å². The number of carboxylic acids is 1. The van der Waals surface area contributed by atoms with Crippen molar-refractivity contribution < 1.29 is 9.90 Å². The minimum Gasteiger partial charge on any atom is -0.481 e. The van der Waals surface area contributed by atoms with Gasteiger partial charge in [0.2, 0.25) is 0 Å². The Hall–Kier alpha value is -0.530. The lowest BCUT2D eigenvalue weighted by Gasteiger charge is -2.33. The maximum atomic E-state index is 11.5. The first-order chi connectivity index (χ1) is 7.44. The minimum absolute atomic E-state index is 0.0303. The molecule has 0 heterocycles. The first kappa shape index (κ1) is 11.9. The van der Waals surface area contributed by atoms with E-state index in [1.807, 2.05) is 0 Å². The Morgan fingerprint density at radius 3 is 2.06 bits per heavy atom. The molecule has 0 aromatic heterocycles. The maximum absolute atomic E-state index is 11.5. The normalized spacial score (nSPS) is 41.7. The second-order valence-corrected chi connectivity index (χ2v) is 6.46. The summed E-state index contributed by atoms with van der Waals surface area (Å²) in [7, 11) is 0. The van der Waals surface area contributed by atoms with Gasteiger partial charge in [-0.3, -0.25) is 4.79 Å². The minimum atomic E-state index is -0.544. The van der Waals surface area contributed by atoms with E-state index in [9.17, 15) is 9.90 Å². The summed E-state index contributed by atoms with van der Waals surface area (Å²) in [5, 5.41) is 9.51. The van der Waals surface area contributed by atoms with E-state index in [-0.39, 0.29) is 10.8 Å². The van der Waals surface area contributed by atoms with Crippen LogP contribution < -0.4 is 0 Å². The molecule has 0 bridgehead atoms. The molecule has 0 amide bonds. The SMILES string of the molecule is CCC1CCC(C2(C(=O)O)CC2(C)C)CC1. The first-order valence-corrected chi connectivity index (χ1v) is 6.67. The van der Waals surface area contributed by atoms with E-state index in [2.05, 4.69) is 20.8 Å². The maximum Gasteiger partial charge on any atom is 0.310 e. The zero-order valence-electron chi connectivity index (χ0n) is 10.8. The summed E-state index contributed by atoms with van der Waals surface area (Å²) in [6.07, 6.45) is 6.90. The van der Waals surface area contributed by atoms with Crippen LogP contribution in [0.3, 0.4) is 0 Å². The predicted molar refractivity (Wildman–Crippen MR) is 64.2 cm³/mol. The van der Waals surface area contributed by atoms with Crippen LogP contribution in [0.4, 0.5) is 0 Å². The number of hydrogen-bond donors (Lipinski definition) is 1. The summed E-state index contributed by atoms with van der Waals surface area (Å²) in [6, 6.07) is 0. The van der Waals surface area contributed by atoms with Crippen LogP contribution in [-0.4, -0.2) is 11.1 Å². The second-order valence-electron chi connectivity index (χ2n) is 6.46. The van der Waals surface area contributed by atoms with Crippen molar-refractivity contribution in [3.8, 4) is 0 Å². The van der Waals surface area contributed by atoms with Crippen molar-refractivity contribution in [1.29, 1.82) is 0 Å². The highest BCUT2D eigenvalue weighted by Crippen LogP contribution is 2.70. The zero-order chi connectivity index (χ0) is 12.0. The van der Waals surface area contributed by atoms with Crippen molar-refractivity contribution in [3.63, 3.8) is 0 Å². The Labute approximate surface area is 98.4 Å². The Morgan fingerprint density at radius 1 is 1.25 bits per heavy atom. The third kappa shape index (κ3) is 1.57. The Balaban J connectivity index is 2.06. The monoisotopic (exact) mass is 224 g/mol. The van der Waals surface area contributed by atoms with Gasteiger partial charge in [0.1, 0.15) is 0 Å². The topological polar surface area (TPSA) is 37.3 Å². The Morgan fingerprint density at radius 2 is 1.75 bits per heavy atom. The molecule has 92 valence electrons. The van der Waals surface area contributed by atoms with Crippen LogP contribution in [0.15, 0.2) is 0 Å². The molecule has 2 heteroatoms. The van der Waals surface area contributed by atoms with Gasteiger partial charge in [0.15, 0.2) is 0 Å². The van der Waals surface area contributed by atoms with Crippen LogP contribution >= 0.6 is 0 Å². The van der Waals surface area contributed by atoms with Gasteiger partial charge in [0.05, 0.1) is 5.41 Å². The van der Waals surface area contributed by atoms with E-state index < -0.39 is 5.97 Å². The zero-order valence-corrected chi connectivity index (χ0v) is 10.8. The van der Waals surface area contributed by atoms with Crippen molar-refractivity contribution in [3.05, 3.63) is 0 Å². The number of rotatable bonds is 3. The number of carbonyl (C=O) groups is 1. The molecule has 1 unspecified atom stereocenters. The fourth-order valence-corrected chi connectivity index (χ4v) is 3.95. The van der Waals surface area contributed by atoms with Crippen LogP contribution in [0.2, 0.25) is 0 Å². The number of aliphatic carboxylic acids is 1. The largest absolute Gasteiger partial charge is 0.481 e. The average molecular weight is 224 g/mol. The standard InChI is InChI=1S/C14H24O2/c1-4-10-5-7-11(8-6-10)14(12(15)16)9-13(14,2)3/h10-11H,4-9H2,1-3H3,(H,15,16). The van der Waals surface area contributed by atoms with Gasteiger partial charge in [-0.15, -0.1) is 0 Å². The fraction of sp³-hybridized carbons (Fsp3) is 0.929. The molecule has 0 spiro atoms. The summed E-state index contributed by atoms with van der Waals surface area (Å²) in [5.41, 5.74) is -0.353. The van der Waals surface area contributed by atoms with E-state index >= 15 is 0 Å². The fourth-order valence-electron chi connectivity index (χ4n) is 3.95. The van der Waals surface area contributed by atoms with E-state index in [1.165, 1.54) is 19.3 Å². The van der Waals surface area contributed by atoms with E-state index in [0.29, 0.717) is 5.92 Å². The quantitative estimate of drug-likeness (QED) is 0.793. The molecular formula is C14H24O2. The van der Waals surface area contributed by atoms with Gasteiger partial charge < -0.3 is 5.11 Å². The van der Waals surface area contributed by atoms with Gasteiger partial charge in [-0.05, 0) is 36.5 Å². The number of carboxylic acid groups (broad SMARTS) is 1. The van der Waals surface area contributed by atoms with Crippen molar-refractivity contribution in [2.45, 2.75) is 59.3 Å². The molecule has 0 aliphatic heterocycles. The molecule has 2 saturated carbocycles. The molecule has 1 atom stereocenters. The molecule has 2 rings (SSSR count). The highest BCUT2D eigenvalue weighted by molar-refractivity contribution is 5.80. The first-order valence-electron chi connectivity index (χ1n) is 6.67. The lowest BCUT2D eigenvalue weighted by Crippen LogP contribution is -2.32. The lowest BCUT2D eigenvalue weighted by atomic mass is 9.71. The lowest BCUT2D eigenvalue weighted by molar-refractivity contribution is -0.148. The smallest absolute Gasteiger partial charge is 0.310 e. The highest BCUT2D eigenvalue weighted by atomic mass is 16.4. The number of hydrogen-bond acceptors (Lipinski definition) is 1. The third-order valence-electron chi connectivity index (χ3n) is 5.31. The molecule has 1 N–H and O–H groups in total. The van der Waals surface area contributed by atoms with Gasteiger partial charge in [0, 0.05) is 0 Å². The molecule has 2 aliphatic rings. The van der Waals surface area contributed by atoms with E-state index in [1.54, 1.807) is 0 Å². The van der Waals surface area contributed by atoms with Crippen molar-refractivity contribution in [2.24, 2.45) is 22.7 Å². The van der Waals surface area contributed by atoms with Crippen LogP contribution in [0, 0.1) is 22.7 Å². The van der Waals surface area contributed by atoms with Crippen LogP contribution in [0.25, 0.3) is 0 Å². The third-order valence-corrected chi connectivity index (χ3v) is 5.31. The van der Waals surface area contributed by atoms with Crippen molar-refractivity contribution >= 4 is 5.97 Å². The van der Waals surface area contributed by atoms with Crippen LogP contribution in [0.5, 0.6) is 0 Å². The summed E-state index contributed by atoms with van der Waals surface area (Å²) in [6.45, 7) is 6.49. The molecule has 0 radical (unpaired) electrons. The molecule has 0 aromatic rings. The van der Waals surface area contributed by atoms with Gasteiger partial charge in [-0.1, -0.05) is 40.0 Å². The van der Waals surface area contributed by atoms with Crippen LogP contribution in [0.1, 0.15) is 59.3 Å². The Bertz CT molecular complexity index is 287. The van der Waals surface area contributed by atoms with E-state index in [4.69, 9.17) is 0 Å². The molecular weight excluding hydrogens is 200 g/mol. The second kappa shape index (κ2) is 3.75.